The van der Waals surface area contributed by atoms with Gasteiger partial charge in [-0.15, -0.1) is 22.7 Å². The lowest BCUT2D eigenvalue weighted by atomic mass is 9.97. The molecule has 0 spiro atoms. The quantitative estimate of drug-likeness (QED) is 0.151. The molecule has 1 aliphatic carbocycles. The zero-order chi connectivity index (χ0) is 24.2. The lowest BCUT2D eigenvalue weighted by Gasteiger charge is -2.14. The monoisotopic (exact) mass is 524 g/mol. The topological polar surface area (TPSA) is 85.6 Å². The Labute approximate surface area is 214 Å². The van der Waals surface area contributed by atoms with Gasteiger partial charge in [0.25, 0.3) is 11.5 Å². The molecule has 7 nitrogen and oxygen atoms in total. The van der Waals surface area contributed by atoms with Gasteiger partial charge in [-0.2, -0.15) is 5.10 Å². The van der Waals surface area contributed by atoms with Crippen molar-refractivity contribution in [3.63, 3.8) is 0 Å². The van der Waals surface area contributed by atoms with Crippen LogP contribution in [-0.2, 0) is 17.6 Å². The van der Waals surface area contributed by atoms with E-state index in [-0.39, 0.29) is 17.2 Å². The molecule has 0 saturated carbocycles. The van der Waals surface area contributed by atoms with Crippen LogP contribution in [0.25, 0.3) is 15.9 Å². The van der Waals surface area contributed by atoms with E-state index in [0.29, 0.717) is 22.8 Å². The van der Waals surface area contributed by atoms with Gasteiger partial charge in [-0.3, -0.25) is 14.2 Å². The molecule has 1 aliphatic rings. The molecule has 10 heteroatoms. The molecule has 0 radical (unpaired) electrons. The van der Waals surface area contributed by atoms with Crippen molar-refractivity contribution in [1.29, 1.82) is 0 Å². The molecule has 1 N–H and O–H groups in total. The summed E-state index contributed by atoms with van der Waals surface area (Å²) in [6.07, 6.45) is 5.74. The summed E-state index contributed by atoms with van der Waals surface area (Å²) in [5, 5.41) is 7.17. The number of fused-ring (bicyclic) bond motifs is 3. The Kier molecular flexibility index (Phi) is 7.31. The number of amides is 1. The van der Waals surface area contributed by atoms with Gasteiger partial charge in [-0.05, 0) is 73.9 Å². The second kappa shape index (κ2) is 10.8. The third-order valence-electron chi connectivity index (χ3n) is 5.62. The molecule has 0 unspecified atom stereocenters. The van der Waals surface area contributed by atoms with Gasteiger partial charge in [0.05, 0.1) is 29.6 Å². The average molecular weight is 525 g/mol. The predicted octanol–water partition coefficient (Wildman–Crippen LogP) is 5.03. The van der Waals surface area contributed by atoms with Crippen molar-refractivity contribution in [2.45, 2.75) is 37.8 Å². The van der Waals surface area contributed by atoms with Crippen molar-refractivity contribution >= 4 is 56.8 Å². The third-order valence-corrected chi connectivity index (χ3v) is 8.55. The Hall–Kier alpha value is -2.95. The maximum atomic E-state index is 13.8. The number of nitrogens with zero attached hydrogens (tertiary/aromatic N) is 3. The molecule has 0 saturated heterocycles. The fraction of sp³-hybridized carbons (Fsp3) is 0.280. The van der Waals surface area contributed by atoms with Crippen LogP contribution in [0.15, 0.2) is 56.8 Å². The molecule has 3 aromatic heterocycles. The summed E-state index contributed by atoms with van der Waals surface area (Å²) in [6.45, 7) is 2.50. The van der Waals surface area contributed by atoms with Crippen molar-refractivity contribution < 1.29 is 9.53 Å². The van der Waals surface area contributed by atoms with Gasteiger partial charge in [-0.25, -0.2) is 10.4 Å². The molecule has 180 valence electrons. The molecule has 5 rings (SSSR count). The van der Waals surface area contributed by atoms with Crippen molar-refractivity contribution in [2.24, 2.45) is 5.10 Å². The van der Waals surface area contributed by atoms with Crippen molar-refractivity contribution in [3.05, 3.63) is 67.4 Å². The van der Waals surface area contributed by atoms with E-state index >= 15 is 0 Å². The van der Waals surface area contributed by atoms with Crippen LogP contribution in [0.1, 0.15) is 35.1 Å². The molecule has 35 heavy (non-hydrogen) atoms. The second-order valence-electron chi connectivity index (χ2n) is 7.95. The van der Waals surface area contributed by atoms with Crippen molar-refractivity contribution in [1.82, 2.24) is 15.0 Å². The number of benzene rings is 1. The van der Waals surface area contributed by atoms with E-state index in [4.69, 9.17) is 9.72 Å². The highest BCUT2D eigenvalue weighted by Crippen LogP contribution is 2.35. The summed E-state index contributed by atoms with van der Waals surface area (Å²) < 4.78 is 7.18. The van der Waals surface area contributed by atoms with Crippen LogP contribution in [0.2, 0.25) is 0 Å². The van der Waals surface area contributed by atoms with E-state index in [9.17, 15) is 9.59 Å². The van der Waals surface area contributed by atoms with E-state index in [1.165, 1.54) is 16.6 Å². The Morgan fingerprint density at radius 2 is 2.09 bits per heavy atom. The number of ether oxygens (including phenoxy) is 1. The molecular weight excluding hydrogens is 501 g/mol. The first-order valence-corrected chi connectivity index (χ1v) is 14.1. The average Bonchev–Trinajstić information content (AvgIpc) is 3.51. The summed E-state index contributed by atoms with van der Waals surface area (Å²) in [5.41, 5.74) is 4.31. The molecule has 0 atom stereocenters. The van der Waals surface area contributed by atoms with Gasteiger partial charge in [0.15, 0.2) is 5.16 Å². The maximum absolute atomic E-state index is 13.8. The summed E-state index contributed by atoms with van der Waals surface area (Å²) >= 11 is 4.38. The molecule has 1 aromatic carbocycles. The van der Waals surface area contributed by atoms with E-state index in [2.05, 4.69) is 10.5 Å². The van der Waals surface area contributed by atoms with Crippen molar-refractivity contribution in [2.75, 3.05) is 12.4 Å². The molecular formula is C25H24N4O3S3. The molecule has 3 heterocycles. The predicted molar refractivity (Wildman–Crippen MR) is 144 cm³/mol. The van der Waals surface area contributed by atoms with Crippen LogP contribution in [0.4, 0.5) is 0 Å². The first kappa shape index (κ1) is 23.8. The van der Waals surface area contributed by atoms with E-state index in [0.717, 1.165) is 46.7 Å². The maximum Gasteiger partial charge on any atom is 0.267 e. The minimum absolute atomic E-state index is 0.0852. The lowest BCUT2D eigenvalue weighted by molar-refractivity contribution is -0.118. The summed E-state index contributed by atoms with van der Waals surface area (Å²) in [4.78, 5) is 34.1. The highest BCUT2D eigenvalue weighted by molar-refractivity contribution is 7.99. The normalized spacial score (nSPS) is 13.3. The Morgan fingerprint density at radius 1 is 1.26 bits per heavy atom. The van der Waals surface area contributed by atoms with Crippen LogP contribution in [0.5, 0.6) is 5.75 Å². The standard InChI is InChI=1S/C25H24N4O3S3/c1-2-32-17-11-9-16(10-12-17)29-24(31)22-19-7-3-4-8-20(19)35-23(22)27-25(29)34-15-21(30)28-26-14-18-6-5-13-33-18/h5-6,9-14H,2-4,7-8,15H2,1H3,(H,28,30). The molecule has 0 bridgehead atoms. The fourth-order valence-electron chi connectivity index (χ4n) is 4.06. The number of carbonyl (C=O) groups is 1. The minimum atomic E-state index is -0.263. The van der Waals surface area contributed by atoms with Crippen LogP contribution in [0, 0.1) is 0 Å². The highest BCUT2D eigenvalue weighted by Gasteiger charge is 2.23. The zero-order valence-corrected chi connectivity index (χ0v) is 21.6. The molecule has 0 fully saturated rings. The summed E-state index contributed by atoms with van der Waals surface area (Å²) in [5.74, 6) is 0.561. The van der Waals surface area contributed by atoms with Gasteiger partial charge >= 0.3 is 0 Å². The van der Waals surface area contributed by atoms with Gasteiger partial charge in [0.1, 0.15) is 10.6 Å². The fourth-order valence-corrected chi connectivity index (χ4v) is 6.76. The first-order valence-electron chi connectivity index (χ1n) is 11.4. The Balaban J connectivity index is 1.47. The van der Waals surface area contributed by atoms with Gasteiger partial charge < -0.3 is 4.74 Å². The van der Waals surface area contributed by atoms with E-state index in [1.807, 2.05) is 48.7 Å². The van der Waals surface area contributed by atoms with Gasteiger partial charge in [0.2, 0.25) is 0 Å². The summed E-state index contributed by atoms with van der Waals surface area (Å²) in [7, 11) is 0. The zero-order valence-electron chi connectivity index (χ0n) is 19.2. The van der Waals surface area contributed by atoms with Gasteiger partial charge in [-0.1, -0.05) is 17.8 Å². The van der Waals surface area contributed by atoms with Crippen LogP contribution >= 0.6 is 34.4 Å². The van der Waals surface area contributed by atoms with Crippen LogP contribution in [0.3, 0.4) is 0 Å². The number of aromatic nitrogens is 2. The number of rotatable bonds is 8. The number of nitrogens with one attached hydrogen (secondary N) is 1. The first-order chi connectivity index (χ1) is 17.1. The van der Waals surface area contributed by atoms with E-state index < -0.39 is 0 Å². The smallest absolute Gasteiger partial charge is 0.267 e. The third kappa shape index (κ3) is 5.19. The molecule has 1 amide bonds. The number of hydrogen-bond acceptors (Lipinski definition) is 8. The minimum Gasteiger partial charge on any atom is -0.494 e. The lowest BCUT2D eigenvalue weighted by Crippen LogP contribution is -2.24. The highest BCUT2D eigenvalue weighted by atomic mass is 32.2. The number of aryl methyl sites for hydroxylation is 2. The van der Waals surface area contributed by atoms with Crippen LogP contribution in [-0.4, -0.2) is 34.0 Å². The summed E-state index contributed by atoms with van der Waals surface area (Å²) in [6, 6.07) is 11.2. The molecule has 4 aromatic rings. The Bertz CT molecular complexity index is 1420. The number of carbonyl (C=O) groups excluding carboxylic acids is 1. The number of hydrogen-bond donors (Lipinski definition) is 1. The van der Waals surface area contributed by atoms with Crippen molar-refractivity contribution in [3.8, 4) is 11.4 Å². The van der Waals surface area contributed by atoms with Crippen LogP contribution < -0.4 is 15.7 Å². The van der Waals surface area contributed by atoms with Gasteiger partial charge in [0, 0.05) is 9.75 Å². The second-order valence-corrected chi connectivity index (χ2v) is 11.0. The number of thioether (sulfide) groups is 1. The molecule has 0 aliphatic heterocycles. The largest absolute Gasteiger partial charge is 0.494 e. The number of hydrazone groups is 1. The van der Waals surface area contributed by atoms with E-state index in [1.54, 1.807) is 33.5 Å². The SMILES string of the molecule is CCOc1ccc(-n2c(SCC(=O)NN=Cc3cccs3)nc3sc4c(c3c2=O)CCCC4)cc1. The number of thiophene rings is 2. The Morgan fingerprint density at radius 3 is 2.86 bits per heavy atom.